The molecular formula is C23H24N4O. The van der Waals surface area contributed by atoms with Gasteiger partial charge < -0.3 is 15.5 Å². The Morgan fingerprint density at radius 3 is 2.71 bits per heavy atom. The highest BCUT2D eigenvalue weighted by atomic mass is 16.2. The average Bonchev–Trinajstić information content (AvgIpc) is 3.17. The standard InChI is InChI=1S/C23H24N4O/c1-27(16-17-8-3-2-4-9-17)22-19(11-7-13-24-22)15-25-23(28)21-14-18-10-5-6-12-20(18)26-21/h2-13,21,26H,14-16H2,1H3,(H,25,28)/t21-/m0/s1. The molecule has 0 unspecified atom stereocenters. The monoisotopic (exact) mass is 372 g/mol. The predicted octanol–water partition coefficient (Wildman–Crippen LogP) is 3.37. The van der Waals surface area contributed by atoms with Gasteiger partial charge in [0, 0.05) is 44.0 Å². The van der Waals surface area contributed by atoms with E-state index < -0.39 is 0 Å². The summed E-state index contributed by atoms with van der Waals surface area (Å²) in [4.78, 5) is 19.3. The summed E-state index contributed by atoms with van der Waals surface area (Å²) < 4.78 is 0. The van der Waals surface area contributed by atoms with E-state index in [4.69, 9.17) is 0 Å². The summed E-state index contributed by atoms with van der Waals surface area (Å²) in [6, 6.07) is 22.1. The van der Waals surface area contributed by atoms with Gasteiger partial charge in [-0.1, -0.05) is 54.6 Å². The van der Waals surface area contributed by atoms with Crippen molar-refractivity contribution in [1.29, 1.82) is 0 Å². The summed E-state index contributed by atoms with van der Waals surface area (Å²) >= 11 is 0. The molecule has 1 aromatic heterocycles. The van der Waals surface area contributed by atoms with Crippen LogP contribution in [0, 0.1) is 0 Å². The number of pyridine rings is 1. The zero-order valence-corrected chi connectivity index (χ0v) is 15.9. The first kappa shape index (κ1) is 18.0. The molecule has 0 fully saturated rings. The molecule has 2 N–H and O–H groups in total. The second kappa shape index (κ2) is 8.13. The maximum atomic E-state index is 12.7. The molecule has 0 aliphatic carbocycles. The summed E-state index contributed by atoms with van der Waals surface area (Å²) in [7, 11) is 2.02. The fraction of sp³-hybridized carbons (Fsp3) is 0.217. The summed E-state index contributed by atoms with van der Waals surface area (Å²) in [6.07, 6.45) is 2.51. The molecule has 2 aromatic carbocycles. The molecule has 0 saturated carbocycles. The van der Waals surface area contributed by atoms with Crippen LogP contribution in [0.25, 0.3) is 0 Å². The molecule has 1 atom stereocenters. The minimum atomic E-state index is -0.223. The van der Waals surface area contributed by atoms with Crippen LogP contribution in [0.3, 0.4) is 0 Å². The zero-order valence-electron chi connectivity index (χ0n) is 15.9. The minimum Gasteiger partial charge on any atom is -0.373 e. The van der Waals surface area contributed by atoms with Gasteiger partial charge in [-0.25, -0.2) is 4.98 Å². The lowest BCUT2D eigenvalue weighted by Crippen LogP contribution is -2.38. The molecule has 142 valence electrons. The van der Waals surface area contributed by atoms with E-state index in [1.165, 1.54) is 11.1 Å². The molecule has 5 heteroatoms. The summed E-state index contributed by atoms with van der Waals surface area (Å²) in [5.74, 6) is 0.894. The molecule has 0 radical (unpaired) electrons. The Balaban J connectivity index is 1.40. The van der Waals surface area contributed by atoms with Crippen LogP contribution >= 0.6 is 0 Å². The van der Waals surface area contributed by atoms with E-state index in [0.29, 0.717) is 6.54 Å². The fourth-order valence-electron chi connectivity index (χ4n) is 3.61. The average molecular weight is 372 g/mol. The number of nitrogens with one attached hydrogen (secondary N) is 2. The highest BCUT2D eigenvalue weighted by Gasteiger charge is 2.26. The van der Waals surface area contributed by atoms with E-state index >= 15 is 0 Å². The van der Waals surface area contributed by atoms with Gasteiger partial charge in [0.25, 0.3) is 0 Å². The van der Waals surface area contributed by atoms with Crippen LogP contribution < -0.4 is 15.5 Å². The van der Waals surface area contributed by atoms with Crippen LogP contribution in [0.4, 0.5) is 11.5 Å². The molecule has 5 nitrogen and oxygen atoms in total. The third-order valence-electron chi connectivity index (χ3n) is 5.03. The molecule has 1 amide bonds. The van der Waals surface area contributed by atoms with Crippen LogP contribution in [0.15, 0.2) is 72.9 Å². The van der Waals surface area contributed by atoms with Crippen molar-refractivity contribution >= 4 is 17.4 Å². The number of rotatable bonds is 6. The van der Waals surface area contributed by atoms with Crippen LogP contribution in [0.2, 0.25) is 0 Å². The minimum absolute atomic E-state index is 0.0108. The van der Waals surface area contributed by atoms with Gasteiger partial charge in [-0.05, 0) is 23.3 Å². The first-order valence-electron chi connectivity index (χ1n) is 9.52. The number of fused-ring (bicyclic) bond motifs is 1. The van der Waals surface area contributed by atoms with Crippen molar-refractivity contribution in [3.05, 3.63) is 89.6 Å². The molecule has 1 aliphatic rings. The lowest BCUT2D eigenvalue weighted by atomic mass is 10.1. The Morgan fingerprint density at radius 2 is 1.89 bits per heavy atom. The number of carbonyl (C=O) groups excluding carboxylic acids is 1. The molecule has 0 bridgehead atoms. The molecule has 0 saturated heterocycles. The van der Waals surface area contributed by atoms with E-state index in [1.807, 2.05) is 55.6 Å². The summed E-state index contributed by atoms with van der Waals surface area (Å²) in [5.41, 5.74) is 4.46. The highest BCUT2D eigenvalue weighted by Crippen LogP contribution is 2.25. The Hall–Kier alpha value is -3.34. The molecule has 28 heavy (non-hydrogen) atoms. The highest BCUT2D eigenvalue weighted by molar-refractivity contribution is 5.87. The van der Waals surface area contributed by atoms with E-state index in [0.717, 1.165) is 30.0 Å². The van der Waals surface area contributed by atoms with E-state index in [1.54, 1.807) is 6.20 Å². The van der Waals surface area contributed by atoms with Crippen LogP contribution in [-0.2, 0) is 24.3 Å². The number of carbonyl (C=O) groups is 1. The van der Waals surface area contributed by atoms with E-state index in [-0.39, 0.29) is 11.9 Å². The third-order valence-corrected chi connectivity index (χ3v) is 5.03. The lowest BCUT2D eigenvalue weighted by molar-refractivity contribution is -0.121. The number of nitrogens with zero attached hydrogens (tertiary/aromatic N) is 2. The van der Waals surface area contributed by atoms with Gasteiger partial charge >= 0.3 is 0 Å². The summed E-state index contributed by atoms with van der Waals surface area (Å²) in [5, 5.41) is 6.37. The maximum absolute atomic E-state index is 12.7. The van der Waals surface area contributed by atoms with Crippen LogP contribution in [0.1, 0.15) is 16.7 Å². The Labute approximate surface area is 165 Å². The van der Waals surface area contributed by atoms with Gasteiger partial charge in [-0.3, -0.25) is 4.79 Å². The lowest BCUT2D eigenvalue weighted by Gasteiger charge is -2.22. The van der Waals surface area contributed by atoms with Gasteiger partial charge in [0.1, 0.15) is 11.9 Å². The van der Waals surface area contributed by atoms with Crippen molar-refractivity contribution in [3.8, 4) is 0 Å². The number of aromatic nitrogens is 1. The molecule has 4 rings (SSSR count). The SMILES string of the molecule is CN(Cc1ccccc1)c1ncccc1CNC(=O)[C@@H]1Cc2ccccc2N1. The number of benzene rings is 2. The Morgan fingerprint density at radius 1 is 1.11 bits per heavy atom. The van der Waals surface area contributed by atoms with Gasteiger partial charge in [0.15, 0.2) is 0 Å². The normalized spacial score (nSPS) is 14.8. The van der Waals surface area contributed by atoms with Crippen molar-refractivity contribution in [2.75, 3.05) is 17.3 Å². The fourth-order valence-corrected chi connectivity index (χ4v) is 3.61. The molecule has 2 heterocycles. The van der Waals surface area contributed by atoms with Gasteiger partial charge in [-0.2, -0.15) is 0 Å². The van der Waals surface area contributed by atoms with Crippen molar-refractivity contribution in [2.45, 2.75) is 25.6 Å². The van der Waals surface area contributed by atoms with Gasteiger partial charge in [0.05, 0.1) is 0 Å². The van der Waals surface area contributed by atoms with Crippen molar-refractivity contribution in [2.24, 2.45) is 0 Å². The Bertz CT molecular complexity index is 933. The molecular weight excluding hydrogens is 348 g/mol. The van der Waals surface area contributed by atoms with Gasteiger partial charge in [0.2, 0.25) is 5.91 Å². The Kier molecular flexibility index (Phi) is 5.24. The number of hydrogen-bond donors (Lipinski definition) is 2. The quantitative estimate of drug-likeness (QED) is 0.697. The summed E-state index contributed by atoms with van der Waals surface area (Å²) in [6.45, 7) is 1.22. The second-order valence-corrected chi connectivity index (χ2v) is 7.10. The van der Waals surface area contributed by atoms with Crippen LogP contribution in [-0.4, -0.2) is 24.0 Å². The van der Waals surface area contributed by atoms with Crippen molar-refractivity contribution in [3.63, 3.8) is 0 Å². The number of hydrogen-bond acceptors (Lipinski definition) is 4. The first-order valence-corrected chi connectivity index (χ1v) is 9.52. The first-order chi connectivity index (χ1) is 13.7. The number of amides is 1. The molecule has 0 spiro atoms. The van der Waals surface area contributed by atoms with Crippen molar-refractivity contribution < 1.29 is 4.79 Å². The number of anilines is 2. The third kappa shape index (κ3) is 3.98. The molecule has 3 aromatic rings. The smallest absolute Gasteiger partial charge is 0.243 e. The predicted molar refractivity (Wildman–Crippen MR) is 112 cm³/mol. The van der Waals surface area contributed by atoms with Crippen LogP contribution in [0.5, 0.6) is 0 Å². The van der Waals surface area contributed by atoms with E-state index in [2.05, 4.69) is 38.7 Å². The van der Waals surface area contributed by atoms with Gasteiger partial charge in [-0.15, -0.1) is 0 Å². The molecule has 1 aliphatic heterocycles. The van der Waals surface area contributed by atoms with Crippen molar-refractivity contribution in [1.82, 2.24) is 10.3 Å². The zero-order chi connectivity index (χ0) is 19.3. The second-order valence-electron chi connectivity index (χ2n) is 7.10. The number of para-hydroxylation sites is 1. The van der Waals surface area contributed by atoms with E-state index in [9.17, 15) is 4.79 Å². The maximum Gasteiger partial charge on any atom is 0.243 e. The topological polar surface area (TPSA) is 57.3 Å². The largest absolute Gasteiger partial charge is 0.373 e.